The molecule has 1 fully saturated rings. The Balaban J connectivity index is 2.14. The summed E-state index contributed by atoms with van der Waals surface area (Å²) in [6.07, 6.45) is 3.48. The van der Waals surface area contributed by atoms with Gasteiger partial charge in [-0.3, -0.25) is 4.79 Å². The predicted molar refractivity (Wildman–Crippen MR) is 99.9 cm³/mol. The van der Waals surface area contributed by atoms with E-state index in [4.69, 9.17) is 16.3 Å². The molecule has 1 aliphatic heterocycles. The summed E-state index contributed by atoms with van der Waals surface area (Å²) < 4.78 is 5.82. The molecule has 2 N–H and O–H groups in total. The summed E-state index contributed by atoms with van der Waals surface area (Å²) in [6, 6.07) is 3.71. The van der Waals surface area contributed by atoms with E-state index in [9.17, 15) is 9.90 Å². The summed E-state index contributed by atoms with van der Waals surface area (Å²) in [4.78, 5) is 12.9. The van der Waals surface area contributed by atoms with Gasteiger partial charge in [0.15, 0.2) is 0 Å². The third-order valence-electron chi connectivity index (χ3n) is 5.56. The summed E-state index contributed by atoms with van der Waals surface area (Å²) in [5.74, 6) is 0.621. The molecule has 0 unspecified atom stereocenters. The number of amides is 1. The number of rotatable bonds is 4. The number of aliphatic hydroxyl groups excluding tert-OH is 1. The molecule has 1 aromatic rings. The third kappa shape index (κ3) is 3.18. The molecule has 136 valence electrons. The second-order valence-electron chi connectivity index (χ2n) is 6.99. The monoisotopic (exact) mass is 363 g/mol. The van der Waals surface area contributed by atoms with Crippen molar-refractivity contribution in [3.63, 3.8) is 0 Å². The highest BCUT2D eigenvalue weighted by atomic mass is 35.5. The average Bonchev–Trinajstić information content (AvgIpc) is 2.81. The van der Waals surface area contributed by atoms with Crippen molar-refractivity contribution in [2.45, 2.75) is 64.5 Å². The Morgan fingerprint density at radius 2 is 2.00 bits per heavy atom. The number of hydrogen-bond acceptors (Lipinski definition) is 3. The number of benzene rings is 1. The molecule has 2 aliphatic rings. The van der Waals surface area contributed by atoms with Gasteiger partial charge in [0.05, 0.1) is 23.8 Å². The highest BCUT2D eigenvalue weighted by molar-refractivity contribution is 6.31. The zero-order valence-corrected chi connectivity index (χ0v) is 15.9. The summed E-state index contributed by atoms with van der Waals surface area (Å²) in [6.45, 7) is 6.53. The Bertz CT molecular complexity index is 718. The lowest BCUT2D eigenvalue weighted by molar-refractivity contribution is -0.116. The molecule has 25 heavy (non-hydrogen) atoms. The Morgan fingerprint density at radius 3 is 2.60 bits per heavy atom. The van der Waals surface area contributed by atoms with Gasteiger partial charge in [0, 0.05) is 10.6 Å². The topological polar surface area (TPSA) is 58.6 Å². The van der Waals surface area contributed by atoms with Gasteiger partial charge in [0.2, 0.25) is 0 Å². The molecule has 1 heterocycles. The summed E-state index contributed by atoms with van der Waals surface area (Å²) in [5, 5.41) is 13.7. The van der Waals surface area contributed by atoms with Crippen molar-refractivity contribution in [1.82, 2.24) is 5.32 Å². The average molecular weight is 364 g/mol. The van der Waals surface area contributed by atoms with Crippen LogP contribution in [0.4, 0.5) is 0 Å². The first-order chi connectivity index (χ1) is 11.9. The molecule has 1 aromatic carbocycles. The smallest absolute Gasteiger partial charge is 0.252 e. The first kappa shape index (κ1) is 18.3. The minimum atomic E-state index is -0.334. The van der Waals surface area contributed by atoms with Gasteiger partial charge in [0.1, 0.15) is 5.75 Å². The Kier molecular flexibility index (Phi) is 5.12. The highest BCUT2D eigenvalue weighted by Gasteiger charge is 2.45. The summed E-state index contributed by atoms with van der Waals surface area (Å²) in [5.41, 5.74) is 3.33. The van der Waals surface area contributed by atoms with Gasteiger partial charge in [-0.15, -0.1) is 0 Å². The van der Waals surface area contributed by atoms with E-state index in [-0.39, 0.29) is 17.6 Å². The molecule has 3 rings (SSSR count). The van der Waals surface area contributed by atoms with E-state index in [0.717, 1.165) is 36.0 Å². The Hall–Kier alpha value is -1.52. The number of ether oxygens (including phenoxy) is 1. The van der Waals surface area contributed by atoms with Crippen LogP contribution in [0.25, 0.3) is 5.57 Å². The minimum Gasteiger partial charge on any atom is -0.493 e. The Morgan fingerprint density at radius 1 is 1.32 bits per heavy atom. The largest absolute Gasteiger partial charge is 0.493 e. The van der Waals surface area contributed by atoms with Crippen molar-refractivity contribution in [1.29, 1.82) is 0 Å². The second kappa shape index (κ2) is 7.00. The van der Waals surface area contributed by atoms with Crippen molar-refractivity contribution in [2.75, 3.05) is 6.61 Å². The maximum atomic E-state index is 12.9. The van der Waals surface area contributed by atoms with Crippen molar-refractivity contribution >= 4 is 23.1 Å². The van der Waals surface area contributed by atoms with Crippen LogP contribution in [-0.4, -0.2) is 29.3 Å². The van der Waals surface area contributed by atoms with Gasteiger partial charge in [-0.2, -0.15) is 0 Å². The van der Waals surface area contributed by atoms with Gasteiger partial charge in [-0.25, -0.2) is 0 Å². The second-order valence-corrected chi connectivity index (χ2v) is 7.43. The van der Waals surface area contributed by atoms with E-state index in [0.29, 0.717) is 35.8 Å². The lowest BCUT2D eigenvalue weighted by atomic mass is 9.76. The van der Waals surface area contributed by atoms with Gasteiger partial charge >= 0.3 is 0 Å². The number of aryl methyl sites for hydroxylation is 1. The van der Waals surface area contributed by atoms with Crippen LogP contribution in [0.3, 0.4) is 0 Å². The molecule has 1 spiro atoms. The highest BCUT2D eigenvalue weighted by Crippen LogP contribution is 2.45. The van der Waals surface area contributed by atoms with Crippen LogP contribution in [-0.2, 0) is 11.2 Å². The quantitative estimate of drug-likeness (QED) is 0.853. The molecule has 1 aliphatic carbocycles. The van der Waals surface area contributed by atoms with Gasteiger partial charge in [-0.05, 0) is 69.2 Å². The SMILES string of the molecule is CCOc1cc(Cl)cc(CC)c1C1=C(C)C2(CCC(O)CC2)NC1=O. The Labute approximate surface area is 154 Å². The molecular weight excluding hydrogens is 338 g/mol. The molecule has 5 heteroatoms. The molecule has 4 nitrogen and oxygen atoms in total. The predicted octanol–water partition coefficient (Wildman–Crippen LogP) is 3.88. The zero-order valence-electron chi connectivity index (χ0n) is 15.1. The van der Waals surface area contributed by atoms with E-state index in [1.807, 2.05) is 19.9 Å². The lowest BCUT2D eigenvalue weighted by Gasteiger charge is -2.37. The number of carbonyl (C=O) groups excluding carboxylic acids is 1. The van der Waals surface area contributed by atoms with E-state index < -0.39 is 0 Å². The van der Waals surface area contributed by atoms with Crippen LogP contribution in [0.5, 0.6) is 5.75 Å². The molecule has 0 radical (unpaired) electrons. The fourth-order valence-corrected chi connectivity index (χ4v) is 4.38. The standard InChI is InChI=1S/C20H26ClNO3/c1-4-13-10-14(21)11-16(25-5-2)18(13)17-12(3)20(22-19(17)24)8-6-15(23)7-9-20/h10-11,15,23H,4-9H2,1-3H3,(H,22,24). The fraction of sp³-hybridized carbons (Fsp3) is 0.550. The van der Waals surface area contributed by atoms with Crippen LogP contribution < -0.4 is 10.1 Å². The first-order valence-electron chi connectivity index (χ1n) is 9.09. The van der Waals surface area contributed by atoms with Crippen LogP contribution in [0.1, 0.15) is 57.6 Å². The van der Waals surface area contributed by atoms with Crippen molar-refractivity contribution in [3.05, 3.63) is 33.9 Å². The molecule has 0 bridgehead atoms. The van der Waals surface area contributed by atoms with Crippen LogP contribution in [0.2, 0.25) is 5.02 Å². The fourth-order valence-electron chi connectivity index (χ4n) is 4.15. The normalized spacial score (nSPS) is 26.3. The number of aliphatic hydroxyl groups is 1. The van der Waals surface area contributed by atoms with Gasteiger partial charge in [0.25, 0.3) is 5.91 Å². The molecule has 0 saturated heterocycles. The molecule has 0 aromatic heterocycles. The summed E-state index contributed by atoms with van der Waals surface area (Å²) in [7, 11) is 0. The number of hydrogen-bond donors (Lipinski definition) is 2. The molecule has 1 saturated carbocycles. The number of nitrogens with one attached hydrogen (secondary N) is 1. The van der Waals surface area contributed by atoms with Crippen LogP contribution >= 0.6 is 11.6 Å². The number of carbonyl (C=O) groups is 1. The van der Waals surface area contributed by atoms with E-state index >= 15 is 0 Å². The third-order valence-corrected chi connectivity index (χ3v) is 5.78. The van der Waals surface area contributed by atoms with Crippen molar-refractivity contribution < 1.29 is 14.6 Å². The van der Waals surface area contributed by atoms with E-state index in [1.54, 1.807) is 6.07 Å². The van der Waals surface area contributed by atoms with Crippen molar-refractivity contribution in [3.8, 4) is 5.75 Å². The maximum absolute atomic E-state index is 12.9. The molecule has 1 amide bonds. The van der Waals surface area contributed by atoms with Crippen LogP contribution in [0.15, 0.2) is 17.7 Å². The van der Waals surface area contributed by atoms with E-state index in [2.05, 4.69) is 12.2 Å². The van der Waals surface area contributed by atoms with Crippen molar-refractivity contribution in [2.24, 2.45) is 0 Å². The van der Waals surface area contributed by atoms with Gasteiger partial charge in [-0.1, -0.05) is 18.5 Å². The minimum absolute atomic E-state index is 0.0492. The number of halogens is 1. The first-order valence-corrected chi connectivity index (χ1v) is 9.47. The van der Waals surface area contributed by atoms with E-state index in [1.165, 1.54) is 0 Å². The molecule has 0 atom stereocenters. The molecular formula is C20H26ClNO3. The zero-order chi connectivity index (χ0) is 18.2. The van der Waals surface area contributed by atoms with Crippen LogP contribution in [0, 0.1) is 0 Å². The maximum Gasteiger partial charge on any atom is 0.252 e. The van der Waals surface area contributed by atoms with Gasteiger partial charge < -0.3 is 15.2 Å². The lowest BCUT2D eigenvalue weighted by Crippen LogP contribution is -2.47. The summed E-state index contributed by atoms with van der Waals surface area (Å²) >= 11 is 6.25.